The normalized spacial score (nSPS) is 12.9. The molecule has 1 aliphatic heterocycles. The van der Waals surface area contributed by atoms with Crippen molar-refractivity contribution in [1.29, 1.82) is 0 Å². The molecule has 2 amide bonds. The number of nitrogens with one attached hydrogen (secondary N) is 3. The Morgan fingerprint density at radius 3 is 2.73 bits per heavy atom. The molecule has 1 atom stereocenters. The Balaban J connectivity index is 1.20. The Bertz CT molecular complexity index is 1530. The Morgan fingerprint density at radius 2 is 1.85 bits per heavy atom. The van der Waals surface area contributed by atoms with E-state index in [9.17, 15) is 14.4 Å². The van der Waals surface area contributed by atoms with Crippen LogP contribution in [0.2, 0.25) is 0 Å². The lowest BCUT2D eigenvalue weighted by atomic mass is 10.0. The van der Waals surface area contributed by atoms with Crippen LogP contribution in [0.1, 0.15) is 23.1 Å². The van der Waals surface area contributed by atoms with Crippen LogP contribution in [-0.4, -0.2) is 49.1 Å². The van der Waals surface area contributed by atoms with Crippen LogP contribution < -0.4 is 24.8 Å². The average Bonchev–Trinajstić information content (AvgIpc) is 3.55. The Hall–Kier alpha value is -4.79. The van der Waals surface area contributed by atoms with Crippen LogP contribution in [0.3, 0.4) is 0 Å². The molecule has 0 radical (unpaired) electrons. The van der Waals surface area contributed by atoms with E-state index in [-0.39, 0.29) is 43.4 Å². The molecule has 5 rings (SSSR count). The van der Waals surface area contributed by atoms with Crippen LogP contribution in [0.5, 0.6) is 17.2 Å². The molecule has 206 valence electrons. The number of hydrogen-bond donors (Lipinski definition) is 3. The van der Waals surface area contributed by atoms with Crippen molar-refractivity contribution in [2.45, 2.75) is 31.7 Å². The molecule has 0 fully saturated rings. The third-order valence-corrected chi connectivity index (χ3v) is 6.83. The fraction of sp³-hybridized carbons (Fsp3) is 0.258. The summed E-state index contributed by atoms with van der Waals surface area (Å²) < 4.78 is 16.2. The number of para-hydroxylation sites is 2. The number of H-pyrrole nitrogens is 1. The summed E-state index contributed by atoms with van der Waals surface area (Å²) in [7, 11) is 1.61. The van der Waals surface area contributed by atoms with E-state index < -0.39 is 0 Å². The number of methoxy groups -OCH3 is 1. The number of aromatic amines is 1. The number of fused-ring (bicyclic) bond motifs is 2. The minimum atomic E-state index is -0.364. The fourth-order valence-corrected chi connectivity index (χ4v) is 4.84. The summed E-state index contributed by atoms with van der Waals surface area (Å²) in [5.74, 6) is 1.00. The summed E-state index contributed by atoms with van der Waals surface area (Å²) in [6.45, 7) is 0.0496. The van der Waals surface area contributed by atoms with E-state index in [1.807, 2.05) is 54.7 Å². The molecule has 2 heterocycles. The molecule has 0 spiro atoms. The molecular weight excluding hydrogens is 510 g/mol. The van der Waals surface area contributed by atoms with Gasteiger partial charge in [0.1, 0.15) is 17.2 Å². The molecule has 1 aliphatic rings. The molecular formula is C31H31N3O6. The van der Waals surface area contributed by atoms with Crippen molar-refractivity contribution in [3.63, 3.8) is 0 Å². The number of rotatable bonds is 12. The van der Waals surface area contributed by atoms with Gasteiger partial charge < -0.3 is 29.8 Å². The quantitative estimate of drug-likeness (QED) is 0.187. The lowest BCUT2D eigenvalue weighted by Crippen LogP contribution is -2.46. The molecule has 3 N–H and O–H groups in total. The van der Waals surface area contributed by atoms with Crippen LogP contribution in [0, 0.1) is 0 Å². The van der Waals surface area contributed by atoms with E-state index in [1.54, 1.807) is 25.3 Å². The molecule has 4 aromatic rings. The fourth-order valence-electron chi connectivity index (χ4n) is 4.84. The van der Waals surface area contributed by atoms with E-state index in [0.717, 1.165) is 33.3 Å². The number of benzene rings is 3. The van der Waals surface area contributed by atoms with Crippen molar-refractivity contribution in [2.75, 3.05) is 20.3 Å². The first-order chi connectivity index (χ1) is 19.5. The van der Waals surface area contributed by atoms with E-state index in [2.05, 4.69) is 15.6 Å². The zero-order valence-corrected chi connectivity index (χ0v) is 22.2. The predicted octanol–water partition coefficient (Wildman–Crippen LogP) is 3.49. The molecule has 0 saturated carbocycles. The predicted molar refractivity (Wildman–Crippen MR) is 150 cm³/mol. The topological polar surface area (TPSA) is 119 Å². The Morgan fingerprint density at radius 1 is 1.02 bits per heavy atom. The second-order valence-corrected chi connectivity index (χ2v) is 9.65. The van der Waals surface area contributed by atoms with E-state index in [4.69, 9.17) is 14.2 Å². The summed E-state index contributed by atoms with van der Waals surface area (Å²) in [6, 6.07) is 20.2. The number of carbonyl (C=O) groups excluding carboxylic acids is 3. The van der Waals surface area contributed by atoms with Gasteiger partial charge in [-0.25, -0.2) is 0 Å². The molecule has 3 aromatic carbocycles. The van der Waals surface area contributed by atoms with Crippen molar-refractivity contribution in [1.82, 2.24) is 15.6 Å². The number of carbonyl (C=O) groups is 3. The Kier molecular flexibility index (Phi) is 8.29. The van der Waals surface area contributed by atoms with Crippen LogP contribution >= 0.6 is 0 Å². The van der Waals surface area contributed by atoms with Crippen LogP contribution in [0.15, 0.2) is 72.9 Å². The molecule has 0 saturated heterocycles. The zero-order valence-electron chi connectivity index (χ0n) is 22.2. The Labute approximate surface area is 231 Å². The maximum atomic E-state index is 12.9. The lowest BCUT2D eigenvalue weighted by molar-refractivity contribution is -0.132. The van der Waals surface area contributed by atoms with Crippen molar-refractivity contribution in [2.24, 2.45) is 0 Å². The van der Waals surface area contributed by atoms with Crippen molar-refractivity contribution in [3.05, 3.63) is 89.6 Å². The van der Waals surface area contributed by atoms with Gasteiger partial charge in [-0.05, 0) is 54.3 Å². The molecule has 0 bridgehead atoms. The summed E-state index contributed by atoms with van der Waals surface area (Å²) in [5, 5.41) is 7.04. The van der Waals surface area contributed by atoms with Crippen molar-refractivity contribution < 1.29 is 28.6 Å². The van der Waals surface area contributed by atoms with Gasteiger partial charge in [0.2, 0.25) is 5.91 Å². The van der Waals surface area contributed by atoms with Crippen LogP contribution in [0.4, 0.5) is 0 Å². The highest BCUT2D eigenvalue weighted by Crippen LogP contribution is 2.29. The van der Waals surface area contributed by atoms with Gasteiger partial charge in [0.05, 0.1) is 19.6 Å². The largest absolute Gasteiger partial charge is 0.496 e. The first-order valence-corrected chi connectivity index (χ1v) is 13.2. The number of ether oxygens (including phenoxy) is 3. The van der Waals surface area contributed by atoms with Gasteiger partial charge in [0, 0.05) is 35.6 Å². The number of amides is 2. The monoisotopic (exact) mass is 541 g/mol. The van der Waals surface area contributed by atoms with Gasteiger partial charge >= 0.3 is 5.97 Å². The molecule has 9 heteroatoms. The smallest absolute Gasteiger partial charge is 0.315 e. The maximum absolute atomic E-state index is 12.9. The van der Waals surface area contributed by atoms with E-state index in [1.165, 1.54) is 0 Å². The third-order valence-electron chi connectivity index (χ3n) is 6.83. The van der Waals surface area contributed by atoms with Gasteiger partial charge in [-0.1, -0.05) is 36.4 Å². The summed E-state index contributed by atoms with van der Waals surface area (Å²) in [4.78, 5) is 40.4. The molecule has 1 aromatic heterocycles. The summed E-state index contributed by atoms with van der Waals surface area (Å²) >= 11 is 0. The SMILES string of the molecule is COc1ccccc1CCC(=O)NCC(Cc1c[nH]c2ccccc12)NC(=O)COc1ccc2c(c1)CC(=O)O2. The minimum Gasteiger partial charge on any atom is -0.496 e. The van der Waals surface area contributed by atoms with Crippen LogP contribution in [-0.2, 0) is 33.6 Å². The molecule has 40 heavy (non-hydrogen) atoms. The van der Waals surface area contributed by atoms with Crippen LogP contribution in [0.25, 0.3) is 10.9 Å². The highest BCUT2D eigenvalue weighted by molar-refractivity contribution is 5.84. The molecule has 1 unspecified atom stereocenters. The average molecular weight is 542 g/mol. The standard InChI is InChI=1S/C31H31N3O6/c1-38-27-9-5-2-6-20(27)10-13-29(35)33-18-23(14-22-17-32-26-8-4-3-7-25(22)26)34-30(36)19-39-24-11-12-28-21(15-24)16-31(37)40-28/h2-9,11-12,15,17,23,32H,10,13-14,16,18-19H2,1H3,(H,33,35)(H,34,36). The molecule has 0 aliphatic carbocycles. The number of aromatic nitrogens is 1. The highest BCUT2D eigenvalue weighted by atomic mass is 16.5. The summed E-state index contributed by atoms with van der Waals surface area (Å²) in [5.41, 5.74) is 3.73. The van der Waals surface area contributed by atoms with Gasteiger partial charge in [0.25, 0.3) is 5.91 Å². The second-order valence-electron chi connectivity index (χ2n) is 9.65. The number of aryl methyl sites for hydroxylation is 1. The van der Waals surface area contributed by atoms with Gasteiger partial charge in [-0.15, -0.1) is 0 Å². The van der Waals surface area contributed by atoms with E-state index in [0.29, 0.717) is 30.8 Å². The first-order valence-electron chi connectivity index (χ1n) is 13.2. The highest BCUT2D eigenvalue weighted by Gasteiger charge is 2.21. The zero-order chi connectivity index (χ0) is 27.9. The third kappa shape index (κ3) is 6.61. The van der Waals surface area contributed by atoms with Gasteiger partial charge in [0.15, 0.2) is 6.61 Å². The van der Waals surface area contributed by atoms with E-state index >= 15 is 0 Å². The lowest BCUT2D eigenvalue weighted by Gasteiger charge is -2.20. The minimum absolute atomic E-state index is 0.116. The number of esters is 1. The molecule has 9 nitrogen and oxygen atoms in total. The number of hydrogen-bond acceptors (Lipinski definition) is 6. The maximum Gasteiger partial charge on any atom is 0.315 e. The second kappa shape index (κ2) is 12.4. The first kappa shape index (κ1) is 26.8. The summed E-state index contributed by atoms with van der Waals surface area (Å²) in [6.07, 6.45) is 3.46. The van der Waals surface area contributed by atoms with Crippen molar-refractivity contribution >= 4 is 28.7 Å². The van der Waals surface area contributed by atoms with Gasteiger partial charge in [-0.2, -0.15) is 0 Å². The van der Waals surface area contributed by atoms with Gasteiger partial charge in [-0.3, -0.25) is 14.4 Å². The van der Waals surface area contributed by atoms with Crippen molar-refractivity contribution in [3.8, 4) is 17.2 Å².